The monoisotopic (exact) mass is 488 g/mol. The lowest BCUT2D eigenvalue weighted by atomic mass is 9.62. The molecule has 4 rings (SSSR count). The Morgan fingerprint density at radius 3 is 1.97 bits per heavy atom. The molecule has 2 atom stereocenters. The molecule has 1 saturated heterocycles. The molecule has 36 heavy (non-hydrogen) atoms. The molecule has 1 heterocycles. The molecule has 0 aliphatic carbocycles. The highest BCUT2D eigenvalue weighted by molar-refractivity contribution is 5.78. The van der Waals surface area contributed by atoms with Gasteiger partial charge in [0.05, 0.1) is 18.1 Å². The maximum atomic E-state index is 13.6. The molecule has 3 aromatic rings. The van der Waals surface area contributed by atoms with Crippen molar-refractivity contribution in [2.24, 2.45) is 0 Å². The Hall–Kier alpha value is -3.84. The quantitative estimate of drug-likeness (QED) is 0.399. The number of benzene rings is 3. The Balaban J connectivity index is 2.09. The van der Waals surface area contributed by atoms with Gasteiger partial charge in [-0.05, 0) is 49.6 Å². The largest absolute Gasteiger partial charge is 0.479 e. The molecule has 188 valence electrons. The lowest BCUT2D eigenvalue weighted by Gasteiger charge is -2.51. The normalized spacial score (nSPS) is 18.5. The van der Waals surface area contributed by atoms with Gasteiger partial charge < -0.3 is 20.3 Å². The van der Waals surface area contributed by atoms with E-state index in [0.717, 1.165) is 16.7 Å². The minimum atomic E-state index is -1.33. The van der Waals surface area contributed by atoms with Crippen LogP contribution in [0.5, 0.6) is 0 Å². The van der Waals surface area contributed by atoms with E-state index < -0.39 is 35.2 Å². The average Bonchev–Trinajstić information content (AvgIpc) is 2.85. The number of anilines is 1. The van der Waals surface area contributed by atoms with Gasteiger partial charge in [-0.2, -0.15) is 0 Å². The van der Waals surface area contributed by atoms with E-state index in [1.165, 1.54) is 4.90 Å². The van der Waals surface area contributed by atoms with E-state index >= 15 is 0 Å². The fourth-order valence-corrected chi connectivity index (χ4v) is 5.06. The van der Waals surface area contributed by atoms with Crippen LogP contribution in [0.25, 0.3) is 0 Å². The highest BCUT2D eigenvalue weighted by Crippen LogP contribution is 2.47. The third-order valence-electron chi connectivity index (χ3n) is 6.37. The number of ether oxygens (including phenoxy) is 2. The molecule has 0 saturated carbocycles. The van der Waals surface area contributed by atoms with Crippen molar-refractivity contribution in [3.8, 4) is 0 Å². The number of carboxylic acid groups (broad SMARTS) is 1. The molecule has 0 aromatic heterocycles. The predicted molar refractivity (Wildman–Crippen MR) is 138 cm³/mol. The number of aliphatic carboxylic acids is 1. The summed E-state index contributed by atoms with van der Waals surface area (Å²) in [6, 6.07) is 25.5. The van der Waals surface area contributed by atoms with Gasteiger partial charge >= 0.3 is 12.1 Å². The minimum absolute atomic E-state index is 0.0727. The first-order chi connectivity index (χ1) is 17.1. The van der Waals surface area contributed by atoms with Gasteiger partial charge in [-0.15, -0.1) is 0 Å². The van der Waals surface area contributed by atoms with Gasteiger partial charge in [0, 0.05) is 12.2 Å². The fraction of sp³-hybridized carbons (Fsp3) is 0.310. The van der Waals surface area contributed by atoms with Crippen molar-refractivity contribution in [3.05, 3.63) is 102 Å². The van der Waals surface area contributed by atoms with Crippen LogP contribution in [0.3, 0.4) is 0 Å². The summed E-state index contributed by atoms with van der Waals surface area (Å²) < 4.78 is 11.7. The van der Waals surface area contributed by atoms with Crippen LogP contribution in [-0.2, 0) is 19.7 Å². The van der Waals surface area contributed by atoms with E-state index in [2.05, 4.69) is 0 Å². The van der Waals surface area contributed by atoms with E-state index in [9.17, 15) is 14.7 Å². The standard InChI is InChI=1S/C29H32N2O5/c1-28(2,3)36-27(34)31-17-18-35-24(26(32)33)25(31)29(20-11-6-4-7-12-20,21-13-8-5-9-14-21)22-15-10-16-23(30)19-22/h4-16,19,24-25H,17-18,30H2,1-3H3,(H,32,33). The number of rotatable bonds is 5. The van der Waals surface area contributed by atoms with Gasteiger partial charge in [0.25, 0.3) is 0 Å². The van der Waals surface area contributed by atoms with Crippen LogP contribution in [-0.4, -0.2) is 53.0 Å². The molecular weight excluding hydrogens is 456 g/mol. The summed E-state index contributed by atoms with van der Waals surface area (Å²) in [5, 5.41) is 10.4. The molecule has 2 unspecified atom stereocenters. The number of morpholine rings is 1. The van der Waals surface area contributed by atoms with E-state index in [0.29, 0.717) is 5.69 Å². The van der Waals surface area contributed by atoms with Crippen LogP contribution in [0.15, 0.2) is 84.9 Å². The third kappa shape index (κ3) is 4.79. The zero-order valence-electron chi connectivity index (χ0n) is 20.8. The predicted octanol–water partition coefficient (Wildman–Crippen LogP) is 4.69. The lowest BCUT2D eigenvalue weighted by Crippen LogP contribution is -2.65. The number of nitrogen functional groups attached to an aromatic ring is 1. The van der Waals surface area contributed by atoms with Crippen molar-refractivity contribution in [1.82, 2.24) is 4.90 Å². The Morgan fingerprint density at radius 2 is 1.47 bits per heavy atom. The van der Waals surface area contributed by atoms with Crippen molar-refractivity contribution >= 4 is 17.7 Å². The van der Waals surface area contributed by atoms with Crippen LogP contribution < -0.4 is 5.73 Å². The van der Waals surface area contributed by atoms with E-state index in [4.69, 9.17) is 15.2 Å². The van der Waals surface area contributed by atoms with Gasteiger partial charge in [-0.3, -0.25) is 4.90 Å². The zero-order chi connectivity index (χ0) is 25.9. The summed E-state index contributed by atoms with van der Waals surface area (Å²) >= 11 is 0. The number of hydrogen-bond acceptors (Lipinski definition) is 5. The highest BCUT2D eigenvalue weighted by atomic mass is 16.6. The molecular formula is C29H32N2O5. The second kappa shape index (κ2) is 10.0. The van der Waals surface area contributed by atoms with Crippen molar-refractivity contribution in [3.63, 3.8) is 0 Å². The van der Waals surface area contributed by atoms with Crippen LogP contribution in [0.1, 0.15) is 37.5 Å². The average molecular weight is 489 g/mol. The summed E-state index contributed by atoms with van der Waals surface area (Å²) in [6.45, 7) is 5.61. The van der Waals surface area contributed by atoms with Gasteiger partial charge in [0.1, 0.15) is 5.60 Å². The SMILES string of the molecule is CC(C)(C)OC(=O)N1CCOC(C(=O)O)C1C(c1ccccc1)(c1ccccc1)c1cccc(N)c1. The van der Waals surface area contributed by atoms with Crippen LogP contribution in [0, 0.1) is 0 Å². The minimum Gasteiger partial charge on any atom is -0.479 e. The fourth-order valence-electron chi connectivity index (χ4n) is 5.06. The molecule has 3 N–H and O–H groups in total. The zero-order valence-corrected chi connectivity index (χ0v) is 20.8. The molecule has 7 nitrogen and oxygen atoms in total. The van der Waals surface area contributed by atoms with Crippen molar-refractivity contribution in [2.75, 3.05) is 18.9 Å². The number of carbonyl (C=O) groups excluding carboxylic acids is 1. The first kappa shape index (κ1) is 25.3. The summed E-state index contributed by atoms with van der Waals surface area (Å²) in [7, 11) is 0. The first-order valence-corrected chi connectivity index (χ1v) is 12.0. The van der Waals surface area contributed by atoms with Crippen molar-refractivity contribution in [1.29, 1.82) is 0 Å². The number of carboxylic acids is 1. The maximum Gasteiger partial charge on any atom is 0.410 e. The Kier molecular flexibility index (Phi) is 7.04. The topological polar surface area (TPSA) is 102 Å². The number of hydrogen-bond donors (Lipinski definition) is 2. The molecule has 1 fully saturated rings. The summed E-state index contributed by atoms with van der Waals surface area (Å²) in [5.41, 5.74) is 7.23. The molecule has 3 aromatic carbocycles. The lowest BCUT2D eigenvalue weighted by molar-refractivity contribution is -0.164. The highest BCUT2D eigenvalue weighted by Gasteiger charge is 2.56. The van der Waals surface area contributed by atoms with E-state index in [1.54, 1.807) is 26.8 Å². The van der Waals surface area contributed by atoms with Crippen LogP contribution in [0.4, 0.5) is 10.5 Å². The summed E-state index contributed by atoms with van der Waals surface area (Å²) in [4.78, 5) is 27.8. The number of nitrogens with zero attached hydrogens (tertiary/aromatic N) is 1. The molecule has 0 spiro atoms. The van der Waals surface area contributed by atoms with Gasteiger partial charge in [-0.25, -0.2) is 9.59 Å². The van der Waals surface area contributed by atoms with Crippen molar-refractivity contribution < 1.29 is 24.2 Å². The second-order valence-electron chi connectivity index (χ2n) is 9.91. The maximum absolute atomic E-state index is 13.6. The second-order valence-corrected chi connectivity index (χ2v) is 9.91. The van der Waals surface area contributed by atoms with Gasteiger partial charge in [0.2, 0.25) is 0 Å². The number of carbonyl (C=O) groups is 2. The molecule has 1 amide bonds. The van der Waals surface area contributed by atoms with Crippen LogP contribution in [0.2, 0.25) is 0 Å². The number of amides is 1. The Labute approximate surface area is 211 Å². The smallest absolute Gasteiger partial charge is 0.410 e. The first-order valence-electron chi connectivity index (χ1n) is 12.0. The van der Waals surface area contributed by atoms with E-state index in [-0.39, 0.29) is 13.2 Å². The van der Waals surface area contributed by atoms with Gasteiger partial charge in [0.15, 0.2) is 6.10 Å². The summed E-state index contributed by atoms with van der Waals surface area (Å²) in [5.74, 6) is -1.16. The molecule has 1 aliphatic heterocycles. The third-order valence-corrected chi connectivity index (χ3v) is 6.37. The Bertz CT molecular complexity index is 1170. The van der Waals surface area contributed by atoms with E-state index in [1.807, 2.05) is 78.9 Å². The molecule has 0 radical (unpaired) electrons. The number of nitrogens with two attached hydrogens (primary N) is 1. The molecule has 1 aliphatic rings. The summed E-state index contributed by atoms with van der Waals surface area (Å²) in [6.07, 6.45) is -1.92. The van der Waals surface area contributed by atoms with Gasteiger partial charge in [-0.1, -0.05) is 72.8 Å². The van der Waals surface area contributed by atoms with Crippen LogP contribution >= 0.6 is 0 Å². The molecule has 0 bridgehead atoms. The Morgan fingerprint density at radius 1 is 0.917 bits per heavy atom. The van der Waals surface area contributed by atoms with Crippen molar-refractivity contribution in [2.45, 2.75) is 43.9 Å². The molecule has 7 heteroatoms.